The van der Waals surface area contributed by atoms with Gasteiger partial charge < -0.3 is 20.7 Å². The van der Waals surface area contributed by atoms with Gasteiger partial charge in [-0.05, 0) is 66.0 Å². The lowest BCUT2D eigenvalue weighted by Crippen LogP contribution is -2.41. The second-order valence-electron chi connectivity index (χ2n) is 6.92. The fourth-order valence-electron chi connectivity index (χ4n) is 3.12. The molecule has 2 heterocycles. The highest BCUT2D eigenvalue weighted by Gasteiger charge is 2.24. The number of primary amides is 1. The molecule has 0 spiro atoms. The number of nitrogens with one attached hydrogen (secondary N) is 1. The molecule has 2 atom stereocenters. The van der Waals surface area contributed by atoms with Crippen LogP contribution < -0.4 is 20.7 Å². The molecule has 0 aliphatic carbocycles. The van der Waals surface area contributed by atoms with Gasteiger partial charge in [-0.3, -0.25) is 9.59 Å². The minimum absolute atomic E-state index is 0.172. The summed E-state index contributed by atoms with van der Waals surface area (Å²) in [6.07, 6.45) is 2.43. The molecule has 2 unspecified atom stereocenters. The molecule has 3 rings (SSSR count). The number of aromatic nitrogens is 1. The van der Waals surface area contributed by atoms with Crippen LogP contribution in [-0.2, 0) is 9.59 Å². The molecular formula is C20H22BrFN4O3. The van der Waals surface area contributed by atoms with Gasteiger partial charge in [0.05, 0.1) is 22.3 Å². The standard InChI is InChI=1S/C20H22BrFN4O3/c1-12(29-17-6-4-14(22)9-16(17)21)20(28)25-15-5-7-18(24-10-15)26-8-2-3-13(11-26)19(23)27/h4-7,9-10,12-13H,2-3,8,11H2,1H3,(H2,23,27)(H,25,28). The van der Waals surface area contributed by atoms with Gasteiger partial charge in [-0.15, -0.1) is 0 Å². The molecule has 29 heavy (non-hydrogen) atoms. The van der Waals surface area contributed by atoms with Crippen molar-refractivity contribution in [2.45, 2.75) is 25.9 Å². The van der Waals surface area contributed by atoms with Crippen LogP contribution in [0.4, 0.5) is 15.9 Å². The molecule has 1 saturated heterocycles. The number of benzene rings is 1. The number of piperidine rings is 1. The molecule has 1 aromatic carbocycles. The number of carbonyl (C=O) groups is 2. The number of carbonyl (C=O) groups excluding carboxylic acids is 2. The van der Waals surface area contributed by atoms with Gasteiger partial charge in [-0.25, -0.2) is 9.37 Å². The number of rotatable bonds is 6. The number of nitrogens with two attached hydrogens (primary N) is 1. The van der Waals surface area contributed by atoms with Gasteiger partial charge in [0.2, 0.25) is 5.91 Å². The number of hydrogen-bond acceptors (Lipinski definition) is 5. The van der Waals surface area contributed by atoms with Crippen molar-refractivity contribution >= 4 is 39.2 Å². The normalized spacial score (nSPS) is 17.5. The van der Waals surface area contributed by atoms with E-state index in [1.165, 1.54) is 18.2 Å². The van der Waals surface area contributed by atoms with Gasteiger partial charge in [0.25, 0.3) is 5.91 Å². The smallest absolute Gasteiger partial charge is 0.265 e. The van der Waals surface area contributed by atoms with Crippen molar-refractivity contribution in [2.24, 2.45) is 11.7 Å². The monoisotopic (exact) mass is 464 g/mol. The van der Waals surface area contributed by atoms with E-state index in [1.807, 2.05) is 4.90 Å². The number of ether oxygens (including phenoxy) is 1. The average Bonchev–Trinajstić information content (AvgIpc) is 2.70. The van der Waals surface area contributed by atoms with Gasteiger partial charge in [0.1, 0.15) is 17.4 Å². The lowest BCUT2D eigenvalue weighted by Gasteiger charge is -2.32. The summed E-state index contributed by atoms with van der Waals surface area (Å²) >= 11 is 3.21. The number of pyridine rings is 1. The summed E-state index contributed by atoms with van der Waals surface area (Å²) in [4.78, 5) is 30.2. The van der Waals surface area contributed by atoms with Gasteiger partial charge in [-0.1, -0.05) is 0 Å². The van der Waals surface area contributed by atoms with Crippen molar-refractivity contribution in [3.8, 4) is 5.75 Å². The van der Waals surface area contributed by atoms with Crippen LogP contribution in [0.3, 0.4) is 0 Å². The molecule has 2 aromatic rings. The third-order valence-electron chi connectivity index (χ3n) is 4.73. The van der Waals surface area contributed by atoms with Crippen molar-refractivity contribution in [2.75, 3.05) is 23.3 Å². The maximum absolute atomic E-state index is 13.2. The molecule has 0 bridgehead atoms. The second-order valence-corrected chi connectivity index (χ2v) is 7.77. The van der Waals surface area contributed by atoms with E-state index in [-0.39, 0.29) is 17.7 Å². The van der Waals surface area contributed by atoms with Crippen LogP contribution in [0, 0.1) is 11.7 Å². The molecule has 0 radical (unpaired) electrons. The van der Waals surface area contributed by atoms with E-state index in [1.54, 1.807) is 25.3 Å². The zero-order chi connectivity index (χ0) is 21.0. The summed E-state index contributed by atoms with van der Waals surface area (Å²) in [5.74, 6) is -0.120. The number of anilines is 2. The van der Waals surface area contributed by atoms with Crippen molar-refractivity contribution in [1.29, 1.82) is 0 Å². The first-order valence-corrected chi connectivity index (χ1v) is 10.1. The van der Waals surface area contributed by atoms with E-state index in [2.05, 4.69) is 26.2 Å². The Hall–Kier alpha value is -2.68. The van der Waals surface area contributed by atoms with E-state index in [4.69, 9.17) is 10.5 Å². The van der Waals surface area contributed by atoms with E-state index >= 15 is 0 Å². The molecule has 7 nitrogen and oxygen atoms in total. The Morgan fingerprint density at radius 2 is 2.17 bits per heavy atom. The number of hydrogen-bond donors (Lipinski definition) is 2. The summed E-state index contributed by atoms with van der Waals surface area (Å²) in [5, 5.41) is 2.74. The largest absolute Gasteiger partial charge is 0.480 e. The SMILES string of the molecule is CC(Oc1ccc(F)cc1Br)C(=O)Nc1ccc(N2CCCC(C(N)=O)C2)nc1. The predicted molar refractivity (Wildman–Crippen MR) is 111 cm³/mol. The van der Waals surface area contributed by atoms with E-state index < -0.39 is 11.9 Å². The molecule has 154 valence electrons. The quantitative estimate of drug-likeness (QED) is 0.684. The Kier molecular flexibility index (Phi) is 6.68. The molecular weight excluding hydrogens is 443 g/mol. The minimum Gasteiger partial charge on any atom is -0.480 e. The van der Waals surface area contributed by atoms with Crippen LogP contribution >= 0.6 is 15.9 Å². The number of amides is 2. The Bertz CT molecular complexity index is 894. The first-order chi connectivity index (χ1) is 13.8. The zero-order valence-electron chi connectivity index (χ0n) is 15.9. The van der Waals surface area contributed by atoms with Gasteiger partial charge in [0.15, 0.2) is 6.10 Å². The van der Waals surface area contributed by atoms with Crippen LogP contribution in [0.15, 0.2) is 41.0 Å². The van der Waals surface area contributed by atoms with Gasteiger partial charge >= 0.3 is 0 Å². The minimum atomic E-state index is -0.796. The van der Waals surface area contributed by atoms with Crippen LogP contribution in [0.5, 0.6) is 5.75 Å². The molecule has 1 fully saturated rings. The molecule has 1 aliphatic heterocycles. The fraction of sp³-hybridized carbons (Fsp3) is 0.350. The highest BCUT2D eigenvalue weighted by atomic mass is 79.9. The van der Waals surface area contributed by atoms with Gasteiger partial charge in [0, 0.05) is 13.1 Å². The first kappa shape index (κ1) is 21.0. The maximum atomic E-state index is 13.2. The van der Waals surface area contributed by atoms with E-state index in [9.17, 15) is 14.0 Å². The predicted octanol–water partition coefficient (Wildman–Crippen LogP) is 3.09. The summed E-state index contributed by atoms with van der Waals surface area (Å²) < 4.78 is 19.2. The third-order valence-corrected chi connectivity index (χ3v) is 5.35. The third kappa shape index (κ3) is 5.44. The van der Waals surface area contributed by atoms with Crippen molar-refractivity contribution in [3.63, 3.8) is 0 Å². The fourth-order valence-corrected chi connectivity index (χ4v) is 3.57. The summed E-state index contributed by atoms with van der Waals surface area (Å²) in [7, 11) is 0. The molecule has 2 amide bonds. The van der Waals surface area contributed by atoms with Crippen molar-refractivity contribution in [3.05, 3.63) is 46.8 Å². The average molecular weight is 465 g/mol. The van der Waals surface area contributed by atoms with Crippen molar-refractivity contribution < 1.29 is 18.7 Å². The summed E-state index contributed by atoms with van der Waals surface area (Å²) in [5.41, 5.74) is 5.94. The Balaban J connectivity index is 1.58. The van der Waals surface area contributed by atoms with Gasteiger partial charge in [-0.2, -0.15) is 0 Å². The van der Waals surface area contributed by atoms with Crippen molar-refractivity contribution in [1.82, 2.24) is 4.98 Å². The Morgan fingerprint density at radius 3 is 2.83 bits per heavy atom. The van der Waals surface area contributed by atoms with Crippen LogP contribution in [0.1, 0.15) is 19.8 Å². The number of halogens is 2. The topological polar surface area (TPSA) is 97.5 Å². The first-order valence-electron chi connectivity index (χ1n) is 9.26. The number of nitrogens with zero attached hydrogens (tertiary/aromatic N) is 2. The van der Waals surface area contributed by atoms with Crippen LogP contribution in [-0.4, -0.2) is 36.0 Å². The molecule has 1 aliphatic rings. The van der Waals surface area contributed by atoms with Crippen LogP contribution in [0.2, 0.25) is 0 Å². The highest BCUT2D eigenvalue weighted by molar-refractivity contribution is 9.10. The second kappa shape index (κ2) is 9.21. The van der Waals surface area contributed by atoms with Crippen LogP contribution in [0.25, 0.3) is 0 Å². The Labute approximate surface area is 176 Å². The summed E-state index contributed by atoms with van der Waals surface area (Å²) in [6.45, 7) is 2.95. The molecule has 1 aromatic heterocycles. The lowest BCUT2D eigenvalue weighted by atomic mass is 9.97. The van der Waals surface area contributed by atoms with E-state index in [0.29, 0.717) is 22.5 Å². The summed E-state index contributed by atoms with van der Waals surface area (Å²) in [6, 6.07) is 7.52. The highest BCUT2D eigenvalue weighted by Crippen LogP contribution is 2.27. The molecule has 9 heteroatoms. The molecule has 0 saturated carbocycles. The van der Waals surface area contributed by atoms with E-state index in [0.717, 1.165) is 25.2 Å². The maximum Gasteiger partial charge on any atom is 0.265 e. The zero-order valence-corrected chi connectivity index (χ0v) is 17.5. The Morgan fingerprint density at radius 1 is 1.38 bits per heavy atom. The molecule has 3 N–H and O–H groups in total. The lowest BCUT2D eigenvalue weighted by molar-refractivity contribution is -0.122.